The maximum atomic E-state index is 13.1. The molecule has 4 aromatic rings. The monoisotopic (exact) mass is 408 g/mol. The van der Waals surface area contributed by atoms with E-state index in [2.05, 4.69) is 10.3 Å². The molecule has 2 heterocycles. The van der Waals surface area contributed by atoms with Crippen LogP contribution in [0.25, 0.3) is 16.2 Å². The third-order valence-corrected chi connectivity index (χ3v) is 5.93. The number of aryl methyl sites for hydroxylation is 1. The van der Waals surface area contributed by atoms with Gasteiger partial charge in [-0.3, -0.25) is 9.20 Å². The van der Waals surface area contributed by atoms with Crippen molar-refractivity contribution in [2.24, 2.45) is 0 Å². The van der Waals surface area contributed by atoms with E-state index in [0.29, 0.717) is 15.5 Å². The fourth-order valence-corrected chi connectivity index (χ4v) is 4.15. The van der Waals surface area contributed by atoms with Crippen molar-refractivity contribution in [3.8, 4) is 16.7 Å². The van der Waals surface area contributed by atoms with Crippen molar-refractivity contribution in [1.82, 2.24) is 9.38 Å². The topological polar surface area (TPSA) is 70.2 Å². The molecule has 1 N–H and O–H groups in total. The second-order valence-electron chi connectivity index (χ2n) is 5.97. The highest BCUT2D eigenvalue weighted by Gasteiger charge is 2.18. The number of anilines is 1. The minimum Gasteiger partial charge on any atom is -0.321 e. The Labute approximate surface area is 168 Å². The molecule has 0 saturated carbocycles. The van der Waals surface area contributed by atoms with E-state index >= 15 is 0 Å². The average Bonchev–Trinajstić information content (AvgIpc) is 3.24. The van der Waals surface area contributed by atoms with Gasteiger partial charge in [0.2, 0.25) is 0 Å². The average molecular weight is 408 g/mol. The highest BCUT2D eigenvalue weighted by molar-refractivity contribution is 8.03. The van der Waals surface area contributed by atoms with Crippen LogP contribution in [0.2, 0.25) is 0 Å². The summed E-state index contributed by atoms with van der Waals surface area (Å²) in [7, 11) is 0. The molecule has 2 aromatic heterocycles. The number of nitriles is 1. The Morgan fingerprint density at radius 2 is 1.93 bits per heavy atom. The second kappa shape index (κ2) is 7.46. The first-order valence-electron chi connectivity index (χ1n) is 8.27. The predicted octanol–water partition coefficient (Wildman–Crippen LogP) is 5.34. The smallest absolute Gasteiger partial charge is 0.267 e. The zero-order chi connectivity index (χ0) is 19.7. The first-order chi connectivity index (χ1) is 13.5. The van der Waals surface area contributed by atoms with Gasteiger partial charge in [-0.15, -0.1) is 0 Å². The number of carbonyl (C=O) groups excluding carboxylic acids is 1. The van der Waals surface area contributed by atoms with Gasteiger partial charge in [-0.25, -0.2) is 9.37 Å². The lowest BCUT2D eigenvalue weighted by atomic mass is 10.2. The van der Waals surface area contributed by atoms with Gasteiger partial charge in [-0.2, -0.15) is 5.26 Å². The van der Waals surface area contributed by atoms with E-state index in [1.165, 1.54) is 23.5 Å². The Bertz CT molecular complexity index is 1200. The normalized spacial score (nSPS) is 10.8. The molecule has 0 aliphatic rings. The van der Waals surface area contributed by atoms with E-state index in [0.717, 1.165) is 33.6 Å². The van der Waals surface area contributed by atoms with Gasteiger partial charge in [0.15, 0.2) is 4.96 Å². The lowest BCUT2D eigenvalue weighted by Gasteiger charge is -2.05. The lowest BCUT2D eigenvalue weighted by Crippen LogP contribution is -2.11. The number of aromatic nitrogens is 2. The molecule has 1 amide bonds. The number of thiazole rings is 1. The van der Waals surface area contributed by atoms with Gasteiger partial charge in [0.25, 0.3) is 5.91 Å². The van der Waals surface area contributed by atoms with Crippen LogP contribution in [0.15, 0.2) is 59.6 Å². The third-order valence-electron chi connectivity index (χ3n) is 4.18. The van der Waals surface area contributed by atoms with Crippen molar-refractivity contribution < 1.29 is 9.18 Å². The molecule has 0 bridgehead atoms. The summed E-state index contributed by atoms with van der Waals surface area (Å²) in [6.45, 7) is 1.86. The highest BCUT2D eigenvalue weighted by Crippen LogP contribution is 2.28. The molecule has 0 atom stereocenters. The summed E-state index contributed by atoms with van der Waals surface area (Å²) in [5.41, 5.74) is 2.99. The Kier molecular flexibility index (Phi) is 4.86. The van der Waals surface area contributed by atoms with E-state index in [-0.39, 0.29) is 11.7 Å². The molecule has 0 radical (unpaired) electrons. The summed E-state index contributed by atoms with van der Waals surface area (Å²) in [4.78, 5) is 19.3. The van der Waals surface area contributed by atoms with Crippen molar-refractivity contribution in [2.75, 3.05) is 5.32 Å². The molecule has 0 spiro atoms. The van der Waals surface area contributed by atoms with Crippen LogP contribution in [0.3, 0.4) is 0 Å². The number of nitrogens with one attached hydrogen (secondary N) is 1. The van der Waals surface area contributed by atoms with Gasteiger partial charge < -0.3 is 5.32 Å². The standard InChI is InChI=1S/C20H13FN4OS2/c1-12-18(19(26)23-15-6-8-16(9-7-15)27-11-22)28-20-24-17(10-25(12)20)13-2-4-14(21)5-3-13/h2-10H,1H3,(H,23,26). The number of nitrogens with zero attached hydrogens (tertiary/aromatic N) is 3. The fraction of sp³-hybridized carbons (Fsp3) is 0.0500. The Hall–Kier alpha value is -3.15. The van der Waals surface area contributed by atoms with Crippen molar-refractivity contribution in [2.45, 2.75) is 11.8 Å². The van der Waals surface area contributed by atoms with Gasteiger partial charge >= 0.3 is 0 Å². The van der Waals surface area contributed by atoms with Crippen molar-refractivity contribution in [3.05, 3.63) is 71.1 Å². The number of imidazole rings is 1. The van der Waals surface area contributed by atoms with Crippen LogP contribution in [0, 0.1) is 23.4 Å². The molecule has 0 fully saturated rings. The van der Waals surface area contributed by atoms with Crippen LogP contribution in [0.1, 0.15) is 15.4 Å². The second-order valence-corrected chi connectivity index (χ2v) is 7.81. The maximum Gasteiger partial charge on any atom is 0.267 e. The maximum absolute atomic E-state index is 13.1. The number of carbonyl (C=O) groups is 1. The molecule has 138 valence electrons. The van der Waals surface area contributed by atoms with Gasteiger partial charge in [0.05, 0.1) is 5.69 Å². The van der Waals surface area contributed by atoms with E-state index in [9.17, 15) is 9.18 Å². The van der Waals surface area contributed by atoms with Crippen molar-refractivity contribution in [1.29, 1.82) is 5.26 Å². The molecular weight excluding hydrogens is 395 g/mol. The number of thiocyanates is 1. The van der Waals surface area contributed by atoms with Gasteiger partial charge in [0.1, 0.15) is 16.1 Å². The quantitative estimate of drug-likeness (QED) is 0.366. The number of thioether (sulfide) groups is 1. The summed E-state index contributed by atoms with van der Waals surface area (Å²) in [5.74, 6) is -0.504. The number of benzene rings is 2. The molecule has 0 aliphatic carbocycles. The molecular formula is C20H13FN4OS2. The number of fused-ring (bicyclic) bond motifs is 1. The number of halogens is 1. The minimum atomic E-state index is -0.292. The van der Waals surface area contributed by atoms with Crippen LogP contribution in [0.4, 0.5) is 10.1 Å². The van der Waals surface area contributed by atoms with E-state index < -0.39 is 0 Å². The highest BCUT2D eigenvalue weighted by atomic mass is 32.2. The van der Waals surface area contributed by atoms with Gasteiger partial charge in [-0.1, -0.05) is 11.3 Å². The van der Waals surface area contributed by atoms with Crippen LogP contribution in [-0.4, -0.2) is 15.3 Å². The first kappa shape index (κ1) is 18.2. The van der Waals surface area contributed by atoms with Crippen molar-refractivity contribution in [3.63, 3.8) is 0 Å². The van der Waals surface area contributed by atoms with Crippen LogP contribution in [0.5, 0.6) is 0 Å². The predicted molar refractivity (Wildman–Crippen MR) is 109 cm³/mol. The van der Waals surface area contributed by atoms with Crippen LogP contribution in [-0.2, 0) is 0 Å². The number of hydrogen-bond donors (Lipinski definition) is 1. The molecule has 8 heteroatoms. The number of amides is 1. The lowest BCUT2D eigenvalue weighted by molar-refractivity contribution is 0.102. The van der Waals surface area contributed by atoms with Crippen molar-refractivity contribution >= 4 is 39.7 Å². The van der Waals surface area contributed by atoms with E-state index in [1.807, 2.05) is 22.9 Å². The van der Waals surface area contributed by atoms with Gasteiger partial charge in [-0.05, 0) is 67.2 Å². The van der Waals surface area contributed by atoms with E-state index in [4.69, 9.17) is 5.26 Å². The number of hydrogen-bond acceptors (Lipinski definition) is 5. The Morgan fingerprint density at radius 1 is 1.21 bits per heavy atom. The Balaban J connectivity index is 1.58. The van der Waals surface area contributed by atoms with Crippen LogP contribution < -0.4 is 5.32 Å². The fourth-order valence-electron chi connectivity index (χ4n) is 2.77. The molecule has 0 unspecified atom stereocenters. The minimum absolute atomic E-state index is 0.211. The summed E-state index contributed by atoms with van der Waals surface area (Å²) < 4.78 is 15.0. The summed E-state index contributed by atoms with van der Waals surface area (Å²) in [6.07, 6.45) is 1.85. The zero-order valence-electron chi connectivity index (χ0n) is 14.6. The molecule has 2 aromatic carbocycles. The summed E-state index contributed by atoms with van der Waals surface area (Å²) >= 11 is 2.37. The third kappa shape index (κ3) is 3.50. The van der Waals surface area contributed by atoms with E-state index in [1.54, 1.807) is 36.4 Å². The molecule has 4 rings (SSSR count). The molecule has 0 aliphatic heterocycles. The molecule has 28 heavy (non-hydrogen) atoms. The number of rotatable bonds is 4. The summed E-state index contributed by atoms with van der Waals surface area (Å²) in [6, 6.07) is 13.2. The Morgan fingerprint density at radius 3 is 2.57 bits per heavy atom. The molecule has 0 saturated heterocycles. The van der Waals surface area contributed by atoms with Gasteiger partial charge in [0, 0.05) is 28.0 Å². The summed E-state index contributed by atoms with van der Waals surface area (Å²) in [5, 5.41) is 13.6. The molecule has 5 nitrogen and oxygen atoms in total. The SMILES string of the molecule is Cc1c(C(=O)Nc2ccc(SC#N)cc2)sc2nc(-c3ccc(F)cc3)cn12. The first-order valence-corrected chi connectivity index (χ1v) is 9.90. The zero-order valence-corrected chi connectivity index (χ0v) is 16.3. The van der Waals surface area contributed by atoms with Crippen LogP contribution >= 0.6 is 23.1 Å². The largest absolute Gasteiger partial charge is 0.321 e.